The highest BCUT2D eigenvalue weighted by molar-refractivity contribution is 6.36. The van der Waals surface area contributed by atoms with Gasteiger partial charge in [-0.2, -0.15) is 0 Å². The molecule has 1 N–H and O–H groups in total. The van der Waals surface area contributed by atoms with Gasteiger partial charge in [-0.05, 0) is 30.3 Å². The van der Waals surface area contributed by atoms with Crippen molar-refractivity contribution in [1.29, 1.82) is 0 Å². The summed E-state index contributed by atoms with van der Waals surface area (Å²) in [6.07, 6.45) is 2.69. The minimum absolute atomic E-state index is 0.159. The molecule has 3 rings (SSSR count). The van der Waals surface area contributed by atoms with Gasteiger partial charge in [-0.25, -0.2) is 9.37 Å². The summed E-state index contributed by atoms with van der Waals surface area (Å²) in [6.45, 7) is 0. The molecule has 0 aliphatic rings. The molecule has 0 atom stereocenters. The van der Waals surface area contributed by atoms with Crippen molar-refractivity contribution < 1.29 is 9.18 Å². The molecule has 21 heavy (non-hydrogen) atoms. The van der Waals surface area contributed by atoms with Gasteiger partial charge in [-0.3, -0.25) is 4.79 Å². The predicted molar refractivity (Wildman–Crippen MR) is 79.6 cm³/mol. The van der Waals surface area contributed by atoms with Gasteiger partial charge in [0.15, 0.2) is 0 Å². The van der Waals surface area contributed by atoms with E-state index in [1.165, 1.54) is 35.0 Å². The molecule has 0 fully saturated rings. The number of rotatable bonds is 2. The predicted octanol–water partition coefficient (Wildman–Crippen LogP) is 4.03. The Balaban J connectivity index is 1.89. The first kappa shape index (κ1) is 13.9. The maximum Gasteiger partial charge on any atom is 0.275 e. The van der Waals surface area contributed by atoms with Crippen LogP contribution in [0, 0.1) is 5.82 Å². The molecule has 2 aromatic heterocycles. The maximum absolute atomic E-state index is 13.1. The van der Waals surface area contributed by atoms with Gasteiger partial charge < -0.3 is 9.72 Å². The Labute approximate surface area is 129 Å². The number of carbonyl (C=O) groups is 1. The molecule has 0 aliphatic carbocycles. The largest absolute Gasteiger partial charge is 0.319 e. The number of imidazole rings is 1. The van der Waals surface area contributed by atoms with Gasteiger partial charge in [-0.1, -0.05) is 23.2 Å². The molecular formula is C14H8Cl2FN3O. The first-order valence-electron chi connectivity index (χ1n) is 5.93. The van der Waals surface area contributed by atoms with Gasteiger partial charge in [-0.15, -0.1) is 0 Å². The van der Waals surface area contributed by atoms with Crippen molar-refractivity contribution in [2.24, 2.45) is 0 Å². The first-order chi connectivity index (χ1) is 10.0. The molecule has 0 saturated heterocycles. The number of halogens is 3. The Kier molecular flexibility index (Phi) is 3.53. The van der Waals surface area contributed by atoms with E-state index in [9.17, 15) is 9.18 Å². The zero-order chi connectivity index (χ0) is 15.0. The van der Waals surface area contributed by atoms with Crippen LogP contribution in [0.5, 0.6) is 0 Å². The quantitative estimate of drug-likeness (QED) is 0.773. The van der Waals surface area contributed by atoms with Crippen molar-refractivity contribution in [3.8, 4) is 0 Å². The lowest BCUT2D eigenvalue weighted by molar-refractivity contribution is 0.102. The molecule has 4 nitrogen and oxygen atoms in total. The van der Waals surface area contributed by atoms with Crippen molar-refractivity contribution in [3.63, 3.8) is 0 Å². The summed E-state index contributed by atoms with van der Waals surface area (Å²) in [6, 6.07) is 7.50. The number of aromatic nitrogens is 2. The molecule has 0 spiro atoms. The molecule has 1 aromatic carbocycles. The Bertz CT molecular complexity index is 847. The van der Waals surface area contributed by atoms with E-state index in [0.717, 1.165) is 0 Å². The first-order valence-corrected chi connectivity index (χ1v) is 6.69. The Morgan fingerprint density at radius 3 is 2.76 bits per heavy atom. The Morgan fingerprint density at radius 2 is 2.00 bits per heavy atom. The molecule has 0 radical (unpaired) electrons. The van der Waals surface area contributed by atoms with E-state index in [-0.39, 0.29) is 5.69 Å². The molecule has 0 saturated carbocycles. The zero-order valence-corrected chi connectivity index (χ0v) is 12.0. The van der Waals surface area contributed by atoms with Crippen molar-refractivity contribution in [2.45, 2.75) is 0 Å². The average Bonchev–Trinajstić information content (AvgIpc) is 2.85. The molecule has 2 heterocycles. The number of nitrogens with zero attached hydrogens (tertiary/aromatic N) is 2. The van der Waals surface area contributed by atoms with Gasteiger partial charge in [0.05, 0.1) is 10.7 Å². The number of carbonyl (C=O) groups excluding carboxylic acids is 1. The second-order valence-corrected chi connectivity index (χ2v) is 5.16. The minimum Gasteiger partial charge on any atom is -0.319 e. The molecular weight excluding hydrogens is 316 g/mol. The average molecular weight is 324 g/mol. The number of nitrogens with one attached hydrogen (secondary N) is 1. The topological polar surface area (TPSA) is 46.4 Å². The van der Waals surface area contributed by atoms with Gasteiger partial charge in [0.25, 0.3) is 5.91 Å². The van der Waals surface area contributed by atoms with Crippen LogP contribution in [-0.2, 0) is 0 Å². The van der Waals surface area contributed by atoms with Crippen LogP contribution in [0.1, 0.15) is 10.5 Å². The van der Waals surface area contributed by atoms with Crippen LogP contribution in [0.25, 0.3) is 5.65 Å². The number of hydrogen-bond donors (Lipinski definition) is 1. The molecule has 0 aliphatic heterocycles. The summed E-state index contributed by atoms with van der Waals surface area (Å²) in [5, 5.41) is 3.43. The number of pyridine rings is 1. The highest BCUT2D eigenvalue weighted by Gasteiger charge is 2.13. The molecule has 0 bridgehead atoms. The van der Waals surface area contributed by atoms with Crippen molar-refractivity contribution in [3.05, 3.63) is 64.3 Å². The summed E-state index contributed by atoms with van der Waals surface area (Å²) >= 11 is 11.8. The molecule has 0 unspecified atom stereocenters. The third-order valence-electron chi connectivity index (χ3n) is 2.83. The summed E-state index contributed by atoms with van der Waals surface area (Å²) in [5.74, 6) is -0.851. The standard InChI is InChI=1S/C14H8Cl2FN3O/c15-8-1-3-11(10(16)5-8)19-14(21)12-7-20-6-9(17)2-4-13(20)18-12/h1-7H,(H,19,21). The lowest BCUT2D eigenvalue weighted by atomic mass is 10.3. The van der Waals surface area contributed by atoms with Crippen molar-refractivity contribution >= 4 is 40.4 Å². The molecule has 7 heteroatoms. The van der Waals surface area contributed by atoms with Crippen molar-refractivity contribution in [2.75, 3.05) is 5.32 Å². The van der Waals surface area contributed by atoms with E-state index in [1.807, 2.05) is 0 Å². The van der Waals surface area contributed by atoms with E-state index in [0.29, 0.717) is 21.4 Å². The lowest BCUT2D eigenvalue weighted by Crippen LogP contribution is -2.12. The van der Waals surface area contributed by atoms with Crippen LogP contribution in [0.2, 0.25) is 10.0 Å². The number of hydrogen-bond acceptors (Lipinski definition) is 2. The second-order valence-electron chi connectivity index (χ2n) is 4.32. The van der Waals surface area contributed by atoms with Crippen LogP contribution in [0.3, 0.4) is 0 Å². The minimum atomic E-state index is -0.441. The normalized spacial score (nSPS) is 10.8. The van der Waals surface area contributed by atoms with E-state index >= 15 is 0 Å². The number of anilines is 1. The third-order valence-corrected chi connectivity index (χ3v) is 3.37. The molecule has 3 aromatic rings. The third kappa shape index (κ3) is 2.84. The van der Waals surface area contributed by atoms with Crippen LogP contribution in [0.15, 0.2) is 42.7 Å². The van der Waals surface area contributed by atoms with Gasteiger partial charge in [0.1, 0.15) is 17.2 Å². The number of benzene rings is 1. The molecule has 1 amide bonds. The lowest BCUT2D eigenvalue weighted by Gasteiger charge is -2.05. The summed E-state index contributed by atoms with van der Waals surface area (Å²) in [5.41, 5.74) is 1.06. The fourth-order valence-corrected chi connectivity index (χ4v) is 2.31. The monoisotopic (exact) mass is 323 g/mol. The zero-order valence-electron chi connectivity index (χ0n) is 10.5. The summed E-state index contributed by atoms with van der Waals surface area (Å²) in [4.78, 5) is 16.2. The second kappa shape index (κ2) is 5.35. The maximum atomic E-state index is 13.1. The van der Waals surface area contributed by atoms with Crippen LogP contribution in [0.4, 0.5) is 10.1 Å². The summed E-state index contributed by atoms with van der Waals surface area (Å²) in [7, 11) is 0. The van der Waals surface area contributed by atoms with Crippen LogP contribution >= 0.6 is 23.2 Å². The number of amides is 1. The molecule has 106 valence electrons. The highest BCUT2D eigenvalue weighted by atomic mass is 35.5. The number of fused-ring (bicyclic) bond motifs is 1. The van der Waals surface area contributed by atoms with Crippen molar-refractivity contribution in [1.82, 2.24) is 9.38 Å². The van der Waals surface area contributed by atoms with E-state index < -0.39 is 11.7 Å². The van der Waals surface area contributed by atoms with Gasteiger partial charge in [0, 0.05) is 17.4 Å². The van der Waals surface area contributed by atoms with E-state index in [1.54, 1.807) is 12.1 Å². The highest BCUT2D eigenvalue weighted by Crippen LogP contribution is 2.25. The Hall–Kier alpha value is -2.11. The van der Waals surface area contributed by atoms with Gasteiger partial charge >= 0.3 is 0 Å². The summed E-state index contributed by atoms with van der Waals surface area (Å²) < 4.78 is 14.5. The fraction of sp³-hybridized carbons (Fsp3) is 0. The van der Waals surface area contributed by atoms with E-state index in [4.69, 9.17) is 23.2 Å². The van der Waals surface area contributed by atoms with Crippen LogP contribution in [-0.4, -0.2) is 15.3 Å². The fourth-order valence-electron chi connectivity index (χ4n) is 1.85. The SMILES string of the molecule is O=C(Nc1ccc(Cl)cc1Cl)c1cn2cc(F)ccc2n1. The van der Waals surface area contributed by atoms with Gasteiger partial charge in [0.2, 0.25) is 0 Å². The smallest absolute Gasteiger partial charge is 0.275 e. The van der Waals surface area contributed by atoms with Crippen LogP contribution < -0.4 is 5.32 Å². The Morgan fingerprint density at radius 1 is 1.19 bits per heavy atom. The van der Waals surface area contributed by atoms with E-state index in [2.05, 4.69) is 10.3 Å².